The molecule has 6 heteroatoms. The van der Waals surface area contributed by atoms with Gasteiger partial charge in [0.05, 0.1) is 19.3 Å². The number of pyridine rings is 1. The lowest BCUT2D eigenvalue weighted by molar-refractivity contribution is 0.0948. The van der Waals surface area contributed by atoms with Gasteiger partial charge in [-0.05, 0) is 99.0 Å². The Hall–Kier alpha value is -3.25. The number of ketones is 1. The summed E-state index contributed by atoms with van der Waals surface area (Å²) in [6.45, 7) is 6.26. The number of Topliss-reactive ketones (excluding diaryl/α,β-unsaturated/α-hetero) is 1. The number of carbonyl (C=O) groups excluding carboxylic acids is 1. The van der Waals surface area contributed by atoms with Gasteiger partial charge in [0.15, 0.2) is 5.78 Å². The molecule has 0 radical (unpaired) electrons. The van der Waals surface area contributed by atoms with Crippen LogP contribution in [0.2, 0.25) is 0 Å². The summed E-state index contributed by atoms with van der Waals surface area (Å²) in [6.07, 6.45) is 5.65. The lowest BCUT2D eigenvalue weighted by atomic mass is 9.88. The molecule has 1 aromatic heterocycles. The summed E-state index contributed by atoms with van der Waals surface area (Å²) in [5.74, 6) is 2.39. The van der Waals surface area contributed by atoms with Gasteiger partial charge in [-0.2, -0.15) is 0 Å². The number of nitrogens with zero attached hydrogens (tertiary/aromatic N) is 2. The zero-order chi connectivity index (χ0) is 25.9. The molecule has 1 unspecified atom stereocenters. The lowest BCUT2D eigenvalue weighted by Crippen LogP contribution is -2.30. The van der Waals surface area contributed by atoms with Crippen LogP contribution in [0.5, 0.6) is 11.5 Å². The fraction of sp³-hybridized carbons (Fsp3) is 0.419. The Kier molecular flexibility index (Phi) is 7.56. The molecule has 5 nitrogen and oxygen atoms in total. The number of carbonyl (C=O) groups is 1. The first-order chi connectivity index (χ1) is 18.0. The molecule has 5 rings (SSSR count). The predicted molar refractivity (Wildman–Crippen MR) is 143 cm³/mol. The number of fused-ring (bicyclic) bond motifs is 1. The number of aryl methyl sites for hydroxylation is 1. The lowest BCUT2D eigenvalue weighted by Gasteiger charge is -2.25. The number of halogens is 1. The van der Waals surface area contributed by atoms with E-state index in [4.69, 9.17) is 9.47 Å². The molecule has 3 aromatic rings. The standard InChI is InChI=1S/C31H35FN2O3/c1-4-37-30-16-21(15-29(36-3)31(30)22-7-10-25(32)11-8-22)19-34-14-13-26-23(9-12-27(26)34)17-28(35)24-6-5-20(2)33-18-24/h5-8,10-11,15-16,18,23,26-27H,4,9,12-14,17,19H2,1-3H3/t23?,26-,27+/m0/s1. The van der Waals surface area contributed by atoms with Crippen LogP contribution in [0, 0.1) is 24.6 Å². The summed E-state index contributed by atoms with van der Waals surface area (Å²) in [4.78, 5) is 19.8. The topological polar surface area (TPSA) is 51.7 Å². The van der Waals surface area contributed by atoms with E-state index in [0.29, 0.717) is 30.9 Å². The summed E-state index contributed by atoms with van der Waals surface area (Å²) < 4.78 is 25.4. The number of rotatable bonds is 9. The molecule has 2 aliphatic rings. The molecule has 0 amide bonds. The van der Waals surface area contributed by atoms with E-state index >= 15 is 0 Å². The van der Waals surface area contributed by atoms with E-state index in [9.17, 15) is 9.18 Å². The Balaban J connectivity index is 1.31. The average molecular weight is 503 g/mol. The molecule has 2 heterocycles. The van der Waals surface area contributed by atoms with Gasteiger partial charge in [0, 0.05) is 36.5 Å². The fourth-order valence-electron chi connectivity index (χ4n) is 6.23. The predicted octanol–water partition coefficient (Wildman–Crippen LogP) is 6.48. The van der Waals surface area contributed by atoms with Crippen LogP contribution in [0.1, 0.15) is 54.2 Å². The number of ether oxygens (including phenoxy) is 2. The number of methoxy groups -OCH3 is 1. The molecule has 194 valence electrons. The second-order valence-corrected chi connectivity index (χ2v) is 10.3. The second kappa shape index (κ2) is 11.0. The highest BCUT2D eigenvalue weighted by atomic mass is 19.1. The van der Waals surface area contributed by atoms with Crippen LogP contribution in [0.4, 0.5) is 4.39 Å². The number of aromatic nitrogens is 1. The maximum absolute atomic E-state index is 13.5. The van der Waals surface area contributed by atoms with E-state index < -0.39 is 0 Å². The number of likely N-dealkylation sites (tertiary alicyclic amines) is 1. The third-order valence-electron chi connectivity index (χ3n) is 8.00. The maximum Gasteiger partial charge on any atom is 0.164 e. The van der Waals surface area contributed by atoms with Crippen LogP contribution < -0.4 is 9.47 Å². The van der Waals surface area contributed by atoms with Gasteiger partial charge in [0.1, 0.15) is 17.3 Å². The van der Waals surface area contributed by atoms with Crippen LogP contribution in [0.15, 0.2) is 54.7 Å². The third kappa shape index (κ3) is 5.40. The van der Waals surface area contributed by atoms with Crippen molar-refractivity contribution < 1.29 is 18.7 Å². The van der Waals surface area contributed by atoms with Gasteiger partial charge in [-0.25, -0.2) is 4.39 Å². The van der Waals surface area contributed by atoms with E-state index in [1.54, 1.807) is 25.4 Å². The van der Waals surface area contributed by atoms with Crippen LogP contribution in [-0.4, -0.2) is 42.0 Å². The van der Waals surface area contributed by atoms with E-state index in [1.165, 1.54) is 12.1 Å². The molecule has 2 fully saturated rings. The van der Waals surface area contributed by atoms with Gasteiger partial charge in [-0.15, -0.1) is 0 Å². The van der Waals surface area contributed by atoms with Crippen molar-refractivity contribution >= 4 is 5.78 Å². The summed E-state index contributed by atoms with van der Waals surface area (Å²) in [6, 6.07) is 14.9. The van der Waals surface area contributed by atoms with E-state index in [-0.39, 0.29) is 11.6 Å². The van der Waals surface area contributed by atoms with Crippen molar-refractivity contribution in [3.63, 3.8) is 0 Å². The highest BCUT2D eigenvalue weighted by Crippen LogP contribution is 2.46. The molecular formula is C31H35FN2O3. The minimum atomic E-state index is -0.270. The second-order valence-electron chi connectivity index (χ2n) is 10.3. The molecule has 2 aromatic carbocycles. The molecular weight excluding hydrogens is 467 g/mol. The summed E-state index contributed by atoms with van der Waals surface area (Å²) >= 11 is 0. The SMILES string of the molecule is CCOc1cc(CN2CC[C@H]3C(CC(=O)c4ccc(C)nc4)CC[C@H]32)cc(OC)c1-c1ccc(F)cc1. The van der Waals surface area contributed by atoms with E-state index in [2.05, 4.69) is 22.0 Å². The normalized spacial score (nSPS) is 21.1. The first-order valence-electron chi connectivity index (χ1n) is 13.3. The monoisotopic (exact) mass is 502 g/mol. The Labute approximate surface area is 218 Å². The Morgan fingerprint density at radius 3 is 2.57 bits per heavy atom. The van der Waals surface area contributed by atoms with Gasteiger partial charge in [0.2, 0.25) is 0 Å². The number of hydrogen-bond acceptors (Lipinski definition) is 5. The largest absolute Gasteiger partial charge is 0.496 e. The van der Waals surface area contributed by atoms with Crippen molar-refractivity contribution in [1.29, 1.82) is 0 Å². The molecule has 37 heavy (non-hydrogen) atoms. The van der Waals surface area contributed by atoms with Gasteiger partial charge in [-0.1, -0.05) is 12.1 Å². The van der Waals surface area contributed by atoms with Crippen LogP contribution in [-0.2, 0) is 6.54 Å². The van der Waals surface area contributed by atoms with Gasteiger partial charge in [0.25, 0.3) is 0 Å². The molecule has 1 saturated carbocycles. The van der Waals surface area contributed by atoms with Crippen molar-refractivity contribution in [2.24, 2.45) is 11.8 Å². The average Bonchev–Trinajstić information content (AvgIpc) is 3.48. The molecule has 3 atom stereocenters. The van der Waals surface area contributed by atoms with E-state index in [1.807, 2.05) is 26.0 Å². The highest BCUT2D eigenvalue weighted by molar-refractivity contribution is 5.96. The Bertz CT molecular complexity index is 1240. The van der Waals surface area contributed by atoms with Crippen molar-refractivity contribution in [2.45, 2.75) is 52.1 Å². The van der Waals surface area contributed by atoms with E-state index in [0.717, 1.165) is 71.8 Å². The Morgan fingerprint density at radius 1 is 1.08 bits per heavy atom. The highest BCUT2D eigenvalue weighted by Gasteiger charge is 2.44. The minimum Gasteiger partial charge on any atom is -0.496 e. The summed E-state index contributed by atoms with van der Waals surface area (Å²) in [7, 11) is 1.66. The smallest absolute Gasteiger partial charge is 0.164 e. The van der Waals surface area contributed by atoms with Crippen molar-refractivity contribution in [3.05, 3.63) is 77.4 Å². The van der Waals surface area contributed by atoms with Crippen molar-refractivity contribution in [2.75, 3.05) is 20.3 Å². The molecule has 0 N–H and O–H groups in total. The minimum absolute atomic E-state index is 0.207. The van der Waals surface area contributed by atoms with Crippen molar-refractivity contribution in [1.82, 2.24) is 9.88 Å². The maximum atomic E-state index is 13.5. The molecule has 1 aliphatic heterocycles. The van der Waals surface area contributed by atoms with Gasteiger partial charge in [-0.3, -0.25) is 14.7 Å². The van der Waals surface area contributed by atoms with Crippen molar-refractivity contribution in [3.8, 4) is 22.6 Å². The molecule has 1 saturated heterocycles. The van der Waals surface area contributed by atoms with Gasteiger partial charge < -0.3 is 9.47 Å². The zero-order valence-electron chi connectivity index (χ0n) is 21.9. The summed E-state index contributed by atoms with van der Waals surface area (Å²) in [5, 5.41) is 0. The van der Waals surface area contributed by atoms with Crippen LogP contribution in [0.3, 0.4) is 0 Å². The van der Waals surface area contributed by atoms with Crippen LogP contribution in [0.25, 0.3) is 11.1 Å². The fourth-order valence-corrected chi connectivity index (χ4v) is 6.23. The summed E-state index contributed by atoms with van der Waals surface area (Å²) in [5.41, 5.74) is 4.50. The molecule has 1 aliphatic carbocycles. The van der Waals surface area contributed by atoms with Gasteiger partial charge >= 0.3 is 0 Å². The zero-order valence-corrected chi connectivity index (χ0v) is 21.9. The first kappa shape index (κ1) is 25.4. The third-order valence-corrected chi connectivity index (χ3v) is 8.00. The quantitative estimate of drug-likeness (QED) is 0.314. The Morgan fingerprint density at radius 2 is 1.86 bits per heavy atom. The molecule has 0 spiro atoms. The van der Waals surface area contributed by atoms with Crippen LogP contribution >= 0.6 is 0 Å². The number of benzene rings is 2. The molecule has 0 bridgehead atoms. The first-order valence-corrected chi connectivity index (χ1v) is 13.3. The number of hydrogen-bond donors (Lipinski definition) is 0.